The number of nitrogens with zero attached hydrogens (tertiary/aromatic N) is 1. The molecule has 1 aliphatic rings. The van der Waals surface area contributed by atoms with Crippen molar-refractivity contribution >= 4 is 47.0 Å². The van der Waals surface area contributed by atoms with Crippen molar-refractivity contribution in [2.24, 2.45) is 0 Å². The van der Waals surface area contributed by atoms with E-state index in [1.165, 1.54) is 65.2 Å². The van der Waals surface area contributed by atoms with Crippen LogP contribution in [0.5, 0.6) is 5.75 Å². The van der Waals surface area contributed by atoms with E-state index in [-0.39, 0.29) is 24.6 Å². The number of rotatable bonds is 18. The quantitative estimate of drug-likeness (QED) is 0.0980. The predicted molar refractivity (Wildman–Crippen MR) is 181 cm³/mol. The number of benzene rings is 3. The fourth-order valence-electron chi connectivity index (χ4n) is 5.16. The number of carbonyl (C=O) groups excluding carboxylic acids is 4. The molecule has 50 heavy (non-hydrogen) atoms. The minimum absolute atomic E-state index is 0.110. The third kappa shape index (κ3) is 10.7. The van der Waals surface area contributed by atoms with E-state index in [9.17, 15) is 43.0 Å². The Morgan fingerprint density at radius 2 is 1.60 bits per heavy atom. The highest BCUT2D eigenvalue weighted by Crippen LogP contribution is 2.46. The molecule has 4 atom stereocenters. The van der Waals surface area contributed by atoms with E-state index in [0.29, 0.717) is 35.4 Å². The molecule has 0 bridgehead atoms. The van der Waals surface area contributed by atoms with Crippen LogP contribution in [-0.2, 0) is 24.0 Å². The van der Waals surface area contributed by atoms with Gasteiger partial charge in [0.1, 0.15) is 28.7 Å². The van der Waals surface area contributed by atoms with Gasteiger partial charge in [0.05, 0.1) is 18.7 Å². The summed E-state index contributed by atoms with van der Waals surface area (Å²) in [5, 5.41) is 26.7. The number of carboxylic acids is 1. The Labute approximate surface area is 293 Å². The van der Waals surface area contributed by atoms with Gasteiger partial charge in [0.25, 0.3) is 5.91 Å². The van der Waals surface area contributed by atoms with Crippen LogP contribution in [0.25, 0.3) is 0 Å². The molecule has 4 amide bonds. The van der Waals surface area contributed by atoms with Crippen LogP contribution < -0.4 is 25.6 Å². The van der Waals surface area contributed by atoms with E-state index in [4.69, 9.17) is 6.11 Å². The van der Waals surface area contributed by atoms with Gasteiger partial charge in [0.2, 0.25) is 17.7 Å². The number of aliphatic hydroxyl groups is 1. The summed E-state index contributed by atoms with van der Waals surface area (Å²) < 4.78 is 39.5. The molecule has 1 aliphatic heterocycles. The number of anilines is 1. The number of carbonyl (C=O) groups is 5. The maximum absolute atomic E-state index is 13.6. The minimum Gasteiger partial charge on any atom is -0.484 e. The Kier molecular flexibility index (Phi) is 13.1. The number of carboxylic acid groups (broad SMARTS) is 1. The lowest BCUT2D eigenvalue weighted by molar-refractivity contribution is -0.142. The molecule has 3 aromatic carbocycles. The van der Waals surface area contributed by atoms with Gasteiger partial charge in [0.15, 0.2) is 6.61 Å². The lowest BCUT2D eigenvalue weighted by Gasteiger charge is -2.47. The molecule has 0 saturated carbocycles. The molecule has 266 valence electrons. The molecule has 0 aliphatic carbocycles. The predicted octanol–water partition coefficient (Wildman–Crippen LogP) is 3.26. The highest BCUT2D eigenvalue weighted by molar-refractivity contribution is 8.00. The number of aliphatic hydroxyl groups excluding tert-OH is 1. The molecule has 0 aromatic heterocycles. The third-order valence-corrected chi connectivity index (χ3v) is 9.08. The van der Waals surface area contributed by atoms with Crippen LogP contribution in [0, 0.1) is 11.6 Å². The first-order valence-electron chi connectivity index (χ1n) is 16.4. The zero-order chi connectivity index (χ0) is 36.9. The first-order valence-corrected chi connectivity index (χ1v) is 16.7. The van der Waals surface area contributed by atoms with E-state index < -0.39 is 78.8 Å². The summed E-state index contributed by atoms with van der Waals surface area (Å²) in [5.74, 6) is -3.65. The molecule has 1 fully saturated rings. The normalized spacial score (nSPS) is 16.7. The number of unbranched alkanes of at least 4 members (excludes halogenated alkanes) is 1. The maximum atomic E-state index is 13.6. The summed E-state index contributed by atoms with van der Waals surface area (Å²) in [6, 6.07) is 15.9. The standard InChI is InChI=1S/C35H38F2N4O8S/c1-21(42)38-17-3-2-4-28(35(47)48)40-30(44)18-39-31(45)19-49-27-15-7-23(8-16-27)32-33(34(46)41(32)26-13-11-25(37)12-14-26)50-20-29(43)22-5-9-24(36)10-6-22/h5-16,28-29,32-33,43H,2-4,17-20H2,1H3,(H,38,42)(H,39,45)(H,40,44)(H,47,48)/t28-,29?,32+,33+/m0/s1/i1D. The van der Waals surface area contributed by atoms with Gasteiger partial charge in [-0.3, -0.25) is 19.2 Å². The maximum Gasteiger partial charge on any atom is 0.326 e. The zero-order valence-corrected chi connectivity index (χ0v) is 27.7. The van der Waals surface area contributed by atoms with E-state index in [1.54, 1.807) is 24.3 Å². The number of β-lactam (4-membered cyclic amide) rings is 1. The fourth-order valence-corrected chi connectivity index (χ4v) is 6.46. The molecule has 12 nitrogen and oxygen atoms in total. The van der Waals surface area contributed by atoms with Gasteiger partial charge in [-0.2, -0.15) is 0 Å². The molecule has 0 spiro atoms. The molecule has 15 heteroatoms. The average molecular weight is 714 g/mol. The molecule has 1 saturated heterocycles. The van der Waals surface area contributed by atoms with Gasteiger partial charge < -0.3 is 35.8 Å². The zero-order valence-electron chi connectivity index (χ0n) is 27.8. The van der Waals surface area contributed by atoms with Gasteiger partial charge in [-0.05, 0) is 78.9 Å². The summed E-state index contributed by atoms with van der Waals surface area (Å²) in [7, 11) is 0. The number of ether oxygens (including phenoxy) is 1. The van der Waals surface area contributed by atoms with Crippen LogP contribution in [0.3, 0.4) is 0 Å². The molecule has 0 radical (unpaired) electrons. The Morgan fingerprint density at radius 1 is 0.940 bits per heavy atom. The second kappa shape index (κ2) is 18.1. The Bertz CT molecular complexity index is 1670. The molecule has 4 rings (SSSR count). The number of nitrogens with one attached hydrogen (secondary N) is 3. The second-order valence-corrected chi connectivity index (χ2v) is 12.6. The number of hydrogen-bond acceptors (Lipinski definition) is 8. The van der Waals surface area contributed by atoms with Crippen molar-refractivity contribution < 1.29 is 49.1 Å². The number of thioether (sulfide) groups is 1. The molecule has 3 aromatic rings. The van der Waals surface area contributed by atoms with Crippen LogP contribution >= 0.6 is 11.8 Å². The minimum atomic E-state index is -1.24. The van der Waals surface area contributed by atoms with Gasteiger partial charge in [0, 0.05) is 26.3 Å². The van der Waals surface area contributed by atoms with E-state index in [2.05, 4.69) is 16.0 Å². The van der Waals surface area contributed by atoms with Crippen LogP contribution in [0.2, 0.25) is 0 Å². The van der Waals surface area contributed by atoms with Crippen molar-refractivity contribution in [3.8, 4) is 5.75 Å². The molecule has 1 heterocycles. The Hall–Kier alpha value is -5.02. The van der Waals surface area contributed by atoms with Crippen molar-refractivity contribution in [3.63, 3.8) is 0 Å². The number of aliphatic carboxylic acids is 1. The van der Waals surface area contributed by atoms with Crippen LogP contribution in [-0.4, -0.2) is 76.6 Å². The highest BCUT2D eigenvalue weighted by atomic mass is 32.2. The van der Waals surface area contributed by atoms with Crippen molar-refractivity contribution in [1.29, 1.82) is 0 Å². The summed E-state index contributed by atoms with van der Waals surface area (Å²) in [6.07, 6.45) is 0.0330. The monoisotopic (exact) mass is 713 g/mol. The number of amides is 4. The van der Waals surface area contributed by atoms with Crippen molar-refractivity contribution in [1.82, 2.24) is 16.0 Å². The lowest BCUT2D eigenvalue weighted by Crippen LogP contribution is -2.57. The smallest absolute Gasteiger partial charge is 0.326 e. The first kappa shape index (κ1) is 36.3. The highest BCUT2D eigenvalue weighted by Gasteiger charge is 2.49. The molecular formula is C35H38F2N4O8S. The topological polar surface area (TPSA) is 174 Å². The summed E-state index contributed by atoms with van der Waals surface area (Å²) in [4.78, 5) is 62.1. The number of hydrogen-bond donors (Lipinski definition) is 5. The van der Waals surface area contributed by atoms with E-state index in [1.807, 2.05) is 0 Å². The van der Waals surface area contributed by atoms with Crippen molar-refractivity contribution in [2.45, 2.75) is 49.6 Å². The van der Waals surface area contributed by atoms with E-state index >= 15 is 0 Å². The SMILES string of the molecule is [2H]CC(=O)NCCCC[C@H](NC(=O)CNC(=O)COc1ccc([C@@H]2[C@@H](SCC(O)c3ccc(F)cc3)C(=O)N2c2ccc(F)cc2)cc1)C(=O)O. The third-order valence-electron chi connectivity index (χ3n) is 7.75. The Balaban J connectivity index is 1.28. The largest absolute Gasteiger partial charge is 0.484 e. The average Bonchev–Trinajstić information content (AvgIpc) is 3.12. The Morgan fingerprint density at radius 3 is 2.24 bits per heavy atom. The van der Waals surface area contributed by atoms with Gasteiger partial charge in [-0.25, -0.2) is 13.6 Å². The van der Waals surface area contributed by atoms with Crippen LogP contribution in [0.1, 0.15) is 50.8 Å². The summed E-state index contributed by atoms with van der Waals surface area (Å²) in [5.41, 5.74) is 1.71. The fraction of sp³-hybridized carbons (Fsp3) is 0.343. The van der Waals surface area contributed by atoms with Gasteiger partial charge >= 0.3 is 5.97 Å². The lowest BCUT2D eigenvalue weighted by atomic mass is 9.92. The molecule has 5 N–H and O–H groups in total. The summed E-state index contributed by atoms with van der Waals surface area (Å²) >= 11 is 1.24. The van der Waals surface area contributed by atoms with Gasteiger partial charge in [-0.1, -0.05) is 24.3 Å². The first-order chi connectivity index (χ1) is 24.5. The van der Waals surface area contributed by atoms with Crippen molar-refractivity contribution in [2.75, 3.05) is 30.3 Å². The van der Waals surface area contributed by atoms with Gasteiger partial charge in [-0.15, -0.1) is 11.8 Å². The van der Waals surface area contributed by atoms with Crippen molar-refractivity contribution in [3.05, 3.63) is 95.6 Å². The van der Waals surface area contributed by atoms with Crippen LogP contribution in [0.15, 0.2) is 72.8 Å². The second-order valence-electron chi connectivity index (χ2n) is 11.4. The summed E-state index contributed by atoms with van der Waals surface area (Å²) in [6.45, 7) is -1.03. The molecular weight excluding hydrogens is 674 g/mol. The van der Waals surface area contributed by atoms with E-state index in [0.717, 1.165) is 0 Å². The molecule has 1 unspecified atom stereocenters. The van der Waals surface area contributed by atoms with Crippen LogP contribution in [0.4, 0.5) is 14.5 Å². The number of halogens is 2.